The molecular weight excluding hydrogens is 182 g/mol. The Morgan fingerprint density at radius 2 is 2.00 bits per heavy atom. The number of unbranched alkanes of at least 4 members (excludes halogenated alkanes) is 2. The summed E-state index contributed by atoms with van der Waals surface area (Å²) < 4.78 is 0. The van der Waals surface area contributed by atoms with Crippen molar-refractivity contribution < 1.29 is 15.0 Å². The van der Waals surface area contributed by atoms with Crippen LogP contribution in [0.1, 0.15) is 39.0 Å². The summed E-state index contributed by atoms with van der Waals surface area (Å²) in [5.74, 6) is -0.716. The molecule has 0 fully saturated rings. The van der Waals surface area contributed by atoms with Gasteiger partial charge in [0, 0.05) is 6.42 Å². The fourth-order valence-electron chi connectivity index (χ4n) is 1.14. The van der Waals surface area contributed by atoms with E-state index < -0.39 is 5.97 Å². The van der Waals surface area contributed by atoms with Crippen LogP contribution in [0.15, 0.2) is 0 Å². The third-order valence-electron chi connectivity index (χ3n) is 1.98. The van der Waals surface area contributed by atoms with Gasteiger partial charge in [-0.25, -0.2) is 0 Å². The Labute approximate surface area is 85.3 Å². The van der Waals surface area contributed by atoms with E-state index in [1.165, 1.54) is 0 Å². The van der Waals surface area contributed by atoms with Gasteiger partial charge in [-0.15, -0.1) is 0 Å². The van der Waals surface area contributed by atoms with Crippen LogP contribution in [0.5, 0.6) is 0 Å². The average molecular weight is 203 g/mol. The van der Waals surface area contributed by atoms with Crippen molar-refractivity contribution in [3.8, 4) is 0 Å². The highest BCUT2D eigenvalue weighted by molar-refractivity contribution is 5.66. The van der Waals surface area contributed by atoms with E-state index in [9.17, 15) is 4.79 Å². The molecule has 0 amide bonds. The first-order valence-corrected chi connectivity index (χ1v) is 5.23. The first kappa shape index (κ1) is 13.4. The maximum Gasteiger partial charge on any atom is 0.303 e. The number of carboxylic acid groups (broad SMARTS) is 1. The summed E-state index contributed by atoms with van der Waals surface area (Å²) in [6.07, 6.45) is 3.52. The number of rotatable bonds is 9. The minimum absolute atomic E-state index is 0.241. The lowest BCUT2D eigenvalue weighted by Gasteiger charge is -2.05. The zero-order chi connectivity index (χ0) is 10.8. The SMILES string of the molecule is CC(O)CCNCCCCCC(=O)O. The van der Waals surface area contributed by atoms with Crippen molar-refractivity contribution in [2.24, 2.45) is 0 Å². The third kappa shape index (κ3) is 11.4. The molecule has 0 aliphatic heterocycles. The van der Waals surface area contributed by atoms with Gasteiger partial charge in [-0.2, -0.15) is 0 Å². The smallest absolute Gasteiger partial charge is 0.303 e. The highest BCUT2D eigenvalue weighted by atomic mass is 16.4. The van der Waals surface area contributed by atoms with Crippen LogP contribution in [0.4, 0.5) is 0 Å². The van der Waals surface area contributed by atoms with E-state index in [4.69, 9.17) is 10.2 Å². The lowest BCUT2D eigenvalue weighted by Crippen LogP contribution is -2.20. The van der Waals surface area contributed by atoms with Crippen LogP contribution in [0.3, 0.4) is 0 Å². The van der Waals surface area contributed by atoms with E-state index in [0.29, 0.717) is 0 Å². The molecule has 0 bridgehead atoms. The Morgan fingerprint density at radius 3 is 2.57 bits per heavy atom. The Balaban J connectivity index is 2.96. The molecule has 1 unspecified atom stereocenters. The van der Waals surface area contributed by atoms with Crippen molar-refractivity contribution in [2.45, 2.75) is 45.1 Å². The van der Waals surface area contributed by atoms with E-state index in [0.717, 1.165) is 38.8 Å². The monoisotopic (exact) mass is 203 g/mol. The molecule has 0 rings (SSSR count). The Morgan fingerprint density at radius 1 is 1.29 bits per heavy atom. The van der Waals surface area contributed by atoms with Gasteiger partial charge in [-0.1, -0.05) is 6.42 Å². The van der Waals surface area contributed by atoms with Crippen molar-refractivity contribution in [3.05, 3.63) is 0 Å². The zero-order valence-corrected chi connectivity index (χ0v) is 8.83. The quantitative estimate of drug-likeness (QED) is 0.489. The number of aliphatic carboxylic acids is 1. The molecule has 1 atom stereocenters. The molecule has 0 saturated carbocycles. The maximum absolute atomic E-state index is 10.2. The third-order valence-corrected chi connectivity index (χ3v) is 1.98. The Kier molecular flexibility index (Phi) is 8.57. The molecule has 0 spiro atoms. The van der Waals surface area contributed by atoms with E-state index in [1.807, 2.05) is 0 Å². The van der Waals surface area contributed by atoms with Gasteiger partial charge in [0.05, 0.1) is 6.10 Å². The van der Waals surface area contributed by atoms with Crippen molar-refractivity contribution in [1.82, 2.24) is 5.32 Å². The standard InChI is InChI=1S/C10H21NO3/c1-9(12)6-8-11-7-4-2-3-5-10(13)14/h9,11-12H,2-8H2,1H3,(H,13,14). The normalized spacial score (nSPS) is 12.7. The van der Waals surface area contributed by atoms with E-state index in [-0.39, 0.29) is 12.5 Å². The van der Waals surface area contributed by atoms with E-state index in [2.05, 4.69) is 5.32 Å². The summed E-state index contributed by atoms with van der Waals surface area (Å²) in [4.78, 5) is 10.2. The van der Waals surface area contributed by atoms with Crippen molar-refractivity contribution >= 4 is 5.97 Å². The minimum atomic E-state index is -0.716. The molecule has 0 aliphatic rings. The number of carboxylic acids is 1. The van der Waals surface area contributed by atoms with Crippen LogP contribution in [-0.4, -0.2) is 35.4 Å². The second-order valence-electron chi connectivity index (χ2n) is 3.59. The molecular formula is C10H21NO3. The molecule has 0 saturated heterocycles. The minimum Gasteiger partial charge on any atom is -0.481 e. The van der Waals surface area contributed by atoms with E-state index >= 15 is 0 Å². The molecule has 0 aromatic carbocycles. The van der Waals surface area contributed by atoms with Gasteiger partial charge < -0.3 is 15.5 Å². The fraction of sp³-hybridized carbons (Fsp3) is 0.900. The van der Waals surface area contributed by atoms with Gasteiger partial charge in [0.2, 0.25) is 0 Å². The predicted molar refractivity (Wildman–Crippen MR) is 55.3 cm³/mol. The van der Waals surface area contributed by atoms with Crippen LogP contribution in [0, 0.1) is 0 Å². The largest absolute Gasteiger partial charge is 0.481 e. The molecule has 3 N–H and O–H groups in total. The fourth-order valence-corrected chi connectivity index (χ4v) is 1.14. The summed E-state index contributed by atoms with van der Waals surface area (Å²) in [5.41, 5.74) is 0. The molecule has 84 valence electrons. The number of carbonyl (C=O) groups is 1. The average Bonchev–Trinajstić information content (AvgIpc) is 2.08. The second-order valence-corrected chi connectivity index (χ2v) is 3.59. The summed E-state index contributed by atoms with van der Waals surface area (Å²) in [6.45, 7) is 3.51. The van der Waals surface area contributed by atoms with Gasteiger partial charge in [-0.05, 0) is 39.3 Å². The molecule has 4 heteroatoms. The van der Waals surface area contributed by atoms with Gasteiger partial charge in [0.25, 0.3) is 0 Å². The first-order chi connectivity index (χ1) is 6.63. The highest BCUT2D eigenvalue weighted by Crippen LogP contribution is 1.98. The highest BCUT2D eigenvalue weighted by Gasteiger charge is 1.97. The van der Waals surface area contributed by atoms with Crippen LogP contribution in [0.25, 0.3) is 0 Å². The molecule has 4 nitrogen and oxygen atoms in total. The number of hydrogen-bond donors (Lipinski definition) is 3. The van der Waals surface area contributed by atoms with Crippen LogP contribution in [-0.2, 0) is 4.79 Å². The van der Waals surface area contributed by atoms with E-state index in [1.54, 1.807) is 6.92 Å². The summed E-state index contributed by atoms with van der Waals surface area (Å²) in [7, 11) is 0. The number of nitrogens with one attached hydrogen (secondary N) is 1. The molecule has 0 aromatic heterocycles. The van der Waals surface area contributed by atoms with Gasteiger partial charge >= 0.3 is 5.97 Å². The second kappa shape index (κ2) is 8.97. The summed E-state index contributed by atoms with van der Waals surface area (Å²) in [5, 5.41) is 20.5. The zero-order valence-electron chi connectivity index (χ0n) is 8.83. The molecule has 0 aliphatic carbocycles. The van der Waals surface area contributed by atoms with Crippen molar-refractivity contribution in [2.75, 3.05) is 13.1 Å². The Hall–Kier alpha value is -0.610. The molecule has 0 radical (unpaired) electrons. The van der Waals surface area contributed by atoms with Crippen LogP contribution < -0.4 is 5.32 Å². The maximum atomic E-state index is 10.2. The van der Waals surface area contributed by atoms with Crippen molar-refractivity contribution in [3.63, 3.8) is 0 Å². The Bertz CT molecular complexity index is 148. The lowest BCUT2D eigenvalue weighted by atomic mass is 10.2. The first-order valence-electron chi connectivity index (χ1n) is 5.23. The van der Waals surface area contributed by atoms with Gasteiger partial charge in [0.15, 0.2) is 0 Å². The van der Waals surface area contributed by atoms with Gasteiger partial charge in [-0.3, -0.25) is 4.79 Å². The molecule has 0 aromatic rings. The number of hydrogen-bond acceptors (Lipinski definition) is 3. The van der Waals surface area contributed by atoms with Crippen LogP contribution in [0.2, 0.25) is 0 Å². The summed E-state index contributed by atoms with van der Waals surface area (Å²) >= 11 is 0. The van der Waals surface area contributed by atoms with Crippen molar-refractivity contribution in [1.29, 1.82) is 0 Å². The predicted octanol–water partition coefficient (Wildman–Crippen LogP) is 0.992. The number of aliphatic hydroxyl groups is 1. The molecule has 14 heavy (non-hydrogen) atoms. The lowest BCUT2D eigenvalue weighted by molar-refractivity contribution is -0.137. The molecule has 0 heterocycles. The topological polar surface area (TPSA) is 69.6 Å². The number of aliphatic hydroxyl groups excluding tert-OH is 1. The summed E-state index contributed by atoms with van der Waals surface area (Å²) in [6, 6.07) is 0. The van der Waals surface area contributed by atoms with Crippen LogP contribution >= 0.6 is 0 Å². The van der Waals surface area contributed by atoms with Gasteiger partial charge in [0.1, 0.15) is 0 Å².